The average Bonchev–Trinajstić information content (AvgIpc) is 3.27. The van der Waals surface area contributed by atoms with Gasteiger partial charge in [0, 0.05) is 25.3 Å². The van der Waals surface area contributed by atoms with Crippen LogP contribution in [-0.2, 0) is 9.47 Å². The molecule has 25 heavy (non-hydrogen) atoms. The van der Waals surface area contributed by atoms with Crippen molar-refractivity contribution < 1.29 is 14.3 Å². The Morgan fingerprint density at radius 2 is 2.36 bits per heavy atom. The van der Waals surface area contributed by atoms with Crippen LogP contribution < -0.4 is 5.32 Å². The van der Waals surface area contributed by atoms with Crippen molar-refractivity contribution in [3.63, 3.8) is 0 Å². The number of ether oxygens (including phenoxy) is 2. The highest BCUT2D eigenvalue weighted by atomic mass is 16.6. The lowest BCUT2D eigenvalue weighted by Crippen LogP contribution is -2.57. The van der Waals surface area contributed by atoms with Crippen LogP contribution in [0.25, 0.3) is 5.69 Å². The van der Waals surface area contributed by atoms with Crippen LogP contribution in [0.4, 0.5) is 10.5 Å². The van der Waals surface area contributed by atoms with Crippen LogP contribution in [0.1, 0.15) is 13.3 Å². The van der Waals surface area contributed by atoms with E-state index in [-0.39, 0.29) is 17.7 Å². The molecular formula is C17H21N5O3. The maximum absolute atomic E-state index is 12.7. The predicted octanol–water partition coefficient (Wildman–Crippen LogP) is 1.68. The van der Waals surface area contributed by atoms with Crippen LogP contribution in [-0.4, -0.2) is 63.9 Å². The van der Waals surface area contributed by atoms with Crippen LogP contribution in [0, 0.1) is 0 Å². The highest BCUT2D eigenvalue weighted by Crippen LogP contribution is 2.30. The molecule has 0 bridgehead atoms. The van der Waals surface area contributed by atoms with E-state index >= 15 is 0 Å². The quantitative estimate of drug-likeness (QED) is 0.897. The summed E-state index contributed by atoms with van der Waals surface area (Å²) in [5, 5.41) is 10.7. The van der Waals surface area contributed by atoms with Crippen LogP contribution in [0.2, 0.25) is 0 Å². The van der Waals surface area contributed by atoms with Gasteiger partial charge in [-0.2, -0.15) is 0 Å². The number of hydrogen-bond acceptors (Lipinski definition) is 5. The third-order valence-corrected chi connectivity index (χ3v) is 4.55. The summed E-state index contributed by atoms with van der Waals surface area (Å²) >= 11 is 0. The first-order valence-electron chi connectivity index (χ1n) is 8.42. The Morgan fingerprint density at radius 3 is 3.12 bits per heavy atom. The molecule has 4 rings (SSSR count). The van der Waals surface area contributed by atoms with E-state index in [2.05, 4.69) is 15.6 Å². The molecule has 2 aliphatic rings. The zero-order valence-corrected chi connectivity index (χ0v) is 14.1. The number of anilines is 1. The number of morpholine rings is 1. The third-order valence-electron chi connectivity index (χ3n) is 4.55. The fourth-order valence-corrected chi connectivity index (χ4v) is 3.46. The Labute approximate surface area is 145 Å². The molecule has 1 aromatic carbocycles. The first-order chi connectivity index (χ1) is 12.1. The van der Waals surface area contributed by atoms with Crippen molar-refractivity contribution >= 4 is 11.7 Å². The van der Waals surface area contributed by atoms with Gasteiger partial charge >= 0.3 is 6.03 Å². The maximum Gasteiger partial charge on any atom is 0.322 e. The SMILES string of the molecule is C[C@@H]1CN(C(=O)Nc2cccc(-n3ccnn3)c2)C[C@]2(CCOC2)O1. The number of urea groups is 1. The second-order valence-electron chi connectivity index (χ2n) is 6.62. The lowest BCUT2D eigenvalue weighted by molar-refractivity contribution is -0.136. The Balaban J connectivity index is 1.47. The number of amides is 2. The van der Waals surface area contributed by atoms with Gasteiger partial charge in [-0.25, -0.2) is 9.48 Å². The summed E-state index contributed by atoms with van der Waals surface area (Å²) in [6, 6.07) is 7.38. The van der Waals surface area contributed by atoms with Crippen LogP contribution in [0.15, 0.2) is 36.7 Å². The fourth-order valence-electron chi connectivity index (χ4n) is 3.46. The molecule has 8 nitrogen and oxygen atoms in total. The number of rotatable bonds is 2. The van der Waals surface area contributed by atoms with Crippen molar-refractivity contribution in [2.45, 2.75) is 25.0 Å². The van der Waals surface area contributed by atoms with Gasteiger partial charge in [-0.05, 0) is 25.1 Å². The largest absolute Gasteiger partial charge is 0.378 e. The van der Waals surface area contributed by atoms with E-state index in [1.165, 1.54) is 0 Å². The third kappa shape index (κ3) is 3.35. The molecular weight excluding hydrogens is 322 g/mol. The van der Waals surface area contributed by atoms with Crippen LogP contribution >= 0.6 is 0 Å². The minimum atomic E-state index is -0.364. The van der Waals surface area contributed by atoms with E-state index in [0.717, 1.165) is 12.1 Å². The van der Waals surface area contributed by atoms with Gasteiger partial charge in [0.1, 0.15) is 5.60 Å². The van der Waals surface area contributed by atoms with Crippen molar-refractivity contribution in [3.05, 3.63) is 36.7 Å². The molecule has 1 N–H and O–H groups in total. The van der Waals surface area contributed by atoms with E-state index in [9.17, 15) is 4.79 Å². The van der Waals surface area contributed by atoms with Crippen LogP contribution in [0.5, 0.6) is 0 Å². The molecule has 2 fully saturated rings. The van der Waals surface area contributed by atoms with E-state index < -0.39 is 0 Å². The zero-order valence-electron chi connectivity index (χ0n) is 14.1. The van der Waals surface area contributed by atoms with E-state index in [4.69, 9.17) is 9.47 Å². The molecule has 0 unspecified atom stereocenters. The van der Waals surface area contributed by atoms with Crippen LogP contribution in [0.3, 0.4) is 0 Å². The summed E-state index contributed by atoms with van der Waals surface area (Å²) < 4.78 is 13.2. The molecule has 0 radical (unpaired) electrons. The standard InChI is InChI=1S/C17H21N5O3/c1-13-10-21(11-17(25-13)5-8-24-12-17)16(23)19-14-3-2-4-15(9-14)22-7-6-18-20-22/h2-4,6-7,9,13H,5,8,10-12H2,1H3,(H,19,23)/t13-,17+/m1/s1. The van der Waals surface area contributed by atoms with Gasteiger partial charge in [0.2, 0.25) is 0 Å². The van der Waals surface area contributed by atoms with Gasteiger partial charge in [0.05, 0.1) is 37.3 Å². The summed E-state index contributed by atoms with van der Waals surface area (Å²) in [6.45, 7) is 4.33. The summed E-state index contributed by atoms with van der Waals surface area (Å²) in [4.78, 5) is 14.5. The second kappa shape index (κ2) is 6.45. The Morgan fingerprint density at radius 1 is 1.44 bits per heavy atom. The van der Waals surface area contributed by atoms with E-state index in [1.54, 1.807) is 17.1 Å². The van der Waals surface area contributed by atoms with Crippen molar-refractivity contribution in [2.24, 2.45) is 0 Å². The topological polar surface area (TPSA) is 81.5 Å². The minimum Gasteiger partial charge on any atom is -0.378 e. The molecule has 132 valence electrons. The highest BCUT2D eigenvalue weighted by Gasteiger charge is 2.44. The van der Waals surface area contributed by atoms with Crippen molar-refractivity contribution in [1.82, 2.24) is 19.9 Å². The molecule has 2 aromatic rings. The maximum atomic E-state index is 12.7. The summed E-state index contributed by atoms with van der Waals surface area (Å²) in [7, 11) is 0. The predicted molar refractivity (Wildman–Crippen MR) is 90.7 cm³/mol. The molecule has 0 aliphatic carbocycles. The second-order valence-corrected chi connectivity index (χ2v) is 6.62. The van der Waals surface area contributed by atoms with Gasteiger partial charge < -0.3 is 19.7 Å². The molecule has 3 heterocycles. The normalized spacial score (nSPS) is 26.1. The Bertz CT molecular complexity index is 743. The number of carbonyl (C=O) groups excluding carboxylic acids is 1. The lowest BCUT2D eigenvalue weighted by atomic mass is 9.99. The summed E-state index contributed by atoms with van der Waals surface area (Å²) in [6.07, 6.45) is 4.18. The molecule has 2 saturated heterocycles. The number of aromatic nitrogens is 3. The van der Waals surface area contributed by atoms with Crippen molar-refractivity contribution in [3.8, 4) is 5.69 Å². The average molecular weight is 343 g/mol. The summed E-state index contributed by atoms with van der Waals surface area (Å²) in [5.41, 5.74) is 1.19. The lowest BCUT2D eigenvalue weighted by Gasteiger charge is -2.42. The number of carbonyl (C=O) groups is 1. The first-order valence-corrected chi connectivity index (χ1v) is 8.42. The number of benzene rings is 1. The minimum absolute atomic E-state index is 0.0114. The van der Waals surface area contributed by atoms with Crippen molar-refractivity contribution in [1.29, 1.82) is 0 Å². The Kier molecular flexibility index (Phi) is 4.14. The molecule has 1 spiro atoms. The van der Waals surface area contributed by atoms with Crippen molar-refractivity contribution in [2.75, 3.05) is 31.6 Å². The molecule has 2 atom stereocenters. The number of nitrogens with one attached hydrogen (secondary N) is 1. The summed E-state index contributed by atoms with van der Waals surface area (Å²) in [5.74, 6) is 0. The van der Waals surface area contributed by atoms with E-state index in [0.29, 0.717) is 32.0 Å². The van der Waals surface area contributed by atoms with Gasteiger partial charge in [0.15, 0.2) is 0 Å². The van der Waals surface area contributed by atoms with Gasteiger partial charge in [-0.3, -0.25) is 0 Å². The molecule has 2 aliphatic heterocycles. The zero-order chi connectivity index (χ0) is 17.3. The monoisotopic (exact) mass is 343 g/mol. The van der Waals surface area contributed by atoms with Gasteiger partial charge in [-0.15, -0.1) is 5.10 Å². The van der Waals surface area contributed by atoms with Gasteiger partial charge in [0.25, 0.3) is 0 Å². The molecule has 0 saturated carbocycles. The molecule has 1 aromatic heterocycles. The van der Waals surface area contributed by atoms with E-state index in [1.807, 2.05) is 36.1 Å². The smallest absolute Gasteiger partial charge is 0.322 e. The first kappa shape index (κ1) is 16.0. The molecule has 2 amide bonds. The molecule has 8 heteroatoms. The number of nitrogens with zero attached hydrogens (tertiary/aromatic N) is 4. The fraction of sp³-hybridized carbons (Fsp3) is 0.471. The van der Waals surface area contributed by atoms with Gasteiger partial charge in [-0.1, -0.05) is 11.3 Å². The highest BCUT2D eigenvalue weighted by molar-refractivity contribution is 5.89. The number of hydrogen-bond donors (Lipinski definition) is 1. The Hall–Kier alpha value is -2.45.